The normalized spacial score (nSPS) is 19.1. The minimum Gasteiger partial charge on any atom is -0.494 e. The van der Waals surface area contributed by atoms with E-state index in [0.717, 1.165) is 29.7 Å². The Morgan fingerprint density at radius 1 is 1.23 bits per heavy atom. The molecule has 0 spiro atoms. The van der Waals surface area contributed by atoms with Crippen molar-refractivity contribution in [3.63, 3.8) is 0 Å². The number of amides is 1. The predicted molar refractivity (Wildman–Crippen MR) is 122 cm³/mol. The molecule has 1 amide bonds. The Kier molecular flexibility index (Phi) is 6.21. The third-order valence-electron chi connectivity index (χ3n) is 6.06. The van der Waals surface area contributed by atoms with Gasteiger partial charge in [0, 0.05) is 17.6 Å². The van der Waals surface area contributed by atoms with Gasteiger partial charge in [-0.25, -0.2) is 0 Å². The van der Waals surface area contributed by atoms with Crippen molar-refractivity contribution in [1.29, 1.82) is 0 Å². The number of benzene rings is 2. The number of fused-ring (bicyclic) bond motifs is 1. The second-order valence-electron chi connectivity index (χ2n) is 7.86. The van der Waals surface area contributed by atoms with Gasteiger partial charge in [-0.1, -0.05) is 42.6 Å². The fourth-order valence-corrected chi connectivity index (χ4v) is 4.60. The summed E-state index contributed by atoms with van der Waals surface area (Å²) in [5, 5.41) is 9.21. The maximum atomic E-state index is 12.8. The van der Waals surface area contributed by atoms with Gasteiger partial charge in [0.05, 0.1) is 40.0 Å². The standard InChI is InChI=1S/C23H25Cl2N3O2/c1-3-14-7-9-16(10-8-14)28-13-15-11-20(21(30-2)12-19(15)27-28)26-23(29)17-5-4-6-18(24)22(17)25/h4-6,11-14,16H,3,7-10H2,1-2H3,(H,26,29)/t14-,16-. The number of anilines is 1. The number of halogens is 2. The van der Waals surface area contributed by atoms with E-state index in [9.17, 15) is 4.79 Å². The number of carbonyl (C=O) groups is 1. The highest BCUT2D eigenvalue weighted by molar-refractivity contribution is 6.44. The van der Waals surface area contributed by atoms with E-state index in [1.807, 2.05) is 12.1 Å². The Labute approximate surface area is 186 Å². The smallest absolute Gasteiger partial charge is 0.257 e. The molecule has 0 bridgehead atoms. The van der Waals surface area contributed by atoms with Crippen LogP contribution in [0.15, 0.2) is 36.5 Å². The van der Waals surface area contributed by atoms with E-state index in [1.54, 1.807) is 25.3 Å². The van der Waals surface area contributed by atoms with Gasteiger partial charge in [-0.2, -0.15) is 5.10 Å². The van der Waals surface area contributed by atoms with Gasteiger partial charge >= 0.3 is 0 Å². The molecule has 0 aliphatic heterocycles. The Morgan fingerprint density at radius 3 is 2.70 bits per heavy atom. The summed E-state index contributed by atoms with van der Waals surface area (Å²) in [5.74, 6) is 1.05. The SMILES string of the molecule is CC[C@H]1CC[C@H](n2cc3cc(NC(=O)c4cccc(Cl)c4Cl)c(OC)cc3n2)CC1. The molecule has 1 N–H and O–H groups in total. The zero-order valence-electron chi connectivity index (χ0n) is 17.1. The number of nitrogens with zero attached hydrogens (tertiary/aromatic N) is 2. The van der Waals surface area contributed by atoms with Gasteiger partial charge in [-0.15, -0.1) is 0 Å². The molecule has 2 aromatic carbocycles. The third-order valence-corrected chi connectivity index (χ3v) is 6.87. The van der Waals surface area contributed by atoms with E-state index >= 15 is 0 Å². The first kappa shape index (κ1) is 21.0. The van der Waals surface area contributed by atoms with E-state index in [0.29, 0.717) is 28.1 Å². The summed E-state index contributed by atoms with van der Waals surface area (Å²) in [6, 6.07) is 9.16. The van der Waals surface area contributed by atoms with Crippen LogP contribution in [0.1, 0.15) is 55.4 Å². The number of methoxy groups -OCH3 is 1. The van der Waals surface area contributed by atoms with Crippen molar-refractivity contribution < 1.29 is 9.53 Å². The maximum Gasteiger partial charge on any atom is 0.257 e. The first-order valence-corrected chi connectivity index (χ1v) is 11.1. The zero-order valence-corrected chi connectivity index (χ0v) is 18.6. The molecule has 4 rings (SSSR count). The number of hydrogen-bond donors (Lipinski definition) is 1. The molecule has 5 nitrogen and oxygen atoms in total. The van der Waals surface area contributed by atoms with Gasteiger partial charge in [0.2, 0.25) is 0 Å². The zero-order chi connectivity index (χ0) is 21.3. The molecule has 0 radical (unpaired) electrons. The van der Waals surface area contributed by atoms with Crippen molar-refractivity contribution in [1.82, 2.24) is 9.78 Å². The molecule has 0 atom stereocenters. The van der Waals surface area contributed by atoms with Crippen LogP contribution in [-0.2, 0) is 0 Å². The second kappa shape index (κ2) is 8.86. The summed E-state index contributed by atoms with van der Waals surface area (Å²) in [6.07, 6.45) is 8.13. The average Bonchev–Trinajstić information content (AvgIpc) is 3.18. The van der Waals surface area contributed by atoms with Crippen LogP contribution in [0.4, 0.5) is 5.69 Å². The van der Waals surface area contributed by atoms with Gasteiger partial charge in [0.25, 0.3) is 5.91 Å². The fourth-order valence-electron chi connectivity index (χ4n) is 4.21. The highest BCUT2D eigenvalue weighted by atomic mass is 35.5. The molecule has 1 fully saturated rings. The van der Waals surface area contributed by atoms with Crippen LogP contribution in [0.25, 0.3) is 10.9 Å². The number of aromatic nitrogens is 2. The lowest BCUT2D eigenvalue weighted by molar-refractivity contribution is 0.102. The van der Waals surface area contributed by atoms with Gasteiger partial charge in [-0.05, 0) is 49.8 Å². The van der Waals surface area contributed by atoms with Gasteiger partial charge in [-0.3, -0.25) is 9.48 Å². The number of rotatable bonds is 5. The van der Waals surface area contributed by atoms with Crippen molar-refractivity contribution in [2.75, 3.05) is 12.4 Å². The molecule has 158 valence electrons. The summed E-state index contributed by atoms with van der Waals surface area (Å²) >= 11 is 12.2. The van der Waals surface area contributed by atoms with Crippen molar-refractivity contribution in [3.05, 3.63) is 52.1 Å². The van der Waals surface area contributed by atoms with Crippen LogP contribution in [0, 0.1) is 5.92 Å². The van der Waals surface area contributed by atoms with Gasteiger partial charge in [0.1, 0.15) is 5.75 Å². The first-order chi connectivity index (χ1) is 14.5. The molecular weight excluding hydrogens is 421 g/mol. The lowest BCUT2D eigenvalue weighted by Gasteiger charge is -2.27. The summed E-state index contributed by atoms with van der Waals surface area (Å²) in [7, 11) is 1.58. The van der Waals surface area contributed by atoms with E-state index in [-0.39, 0.29) is 10.9 Å². The predicted octanol–water partition coefficient (Wildman–Crippen LogP) is 6.75. The van der Waals surface area contributed by atoms with Crippen LogP contribution in [0.5, 0.6) is 5.75 Å². The van der Waals surface area contributed by atoms with Crippen LogP contribution in [0.2, 0.25) is 10.0 Å². The monoisotopic (exact) mass is 445 g/mol. The Morgan fingerprint density at radius 2 is 2.00 bits per heavy atom. The number of nitrogens with one attached hydrogen (secondary N) is 1. The molecule has 1 saturated carbocycles. The van der Waals surface area contributed by atoms with Crippen LogP contribution in [0.3, 0.4) is 0 Å². The van der Waals surface area contributed by atoms with Crippen LogP contribution >= 0.6 is 23.2 Å². The molecule has 30 heavy (non-hydrogen) atoms. The topological polar surface area (TPSA) is 56.2 Å². The molecule has 1 aliphatic carbocycles. The molecule has 0 unspecified atom stereocenters. The molecule has 3 aromatic rings. The minimum absolute atomic E-state index is 0.229. The van der Waals surface area contributed by atoms with E-state index < -0.39 is 0 Å². The number of hydrogen-bond acceptors (Lipinski definition) is 3. The number of ether oxygens (including phenoxy) is 1. The maximum absolute atomic E-state index is 12.8. The van der Waals surface area contributed by atoms with Crippen molar-refractivity contribution in [2.45, 2.75) is 45.1 Å². The van der Waals surface area contributed by atoms with E-state index in [1.165, 1.54) is 19.3 Å². The van der Waals surface area contributed by atoms with Crippen molar-refractivity contribution in [3.8, 4) is 5.75 Å². The second-order valence-corrected chi connectivity index (χ2v) is 8.64. The largest absolute Gasteiger partial charge is 0.494 e. The molecule has 0 saturated heterocycles. The quantitative estimate of drug-likeness (QED) is 0.472. The summed E-state index contributed by atoms with van der Waals surface area (Å²) in [5.41, 5.74) is 1.73. The summed E-state index contributed by atoms with van der Waals surface area (Å²) in [6.45, 7) is 2.27. The molecule has 7 heteroatoms. The van der Waals surface area contributed by atoms with Gasteiger partial charge in [0.15, 0.2) is 0 Å². The fraction of sp³-hybridized carbons (Fsp3) is 0.391. The van der Waals surface area contributed by atoms with Crippen LogP contribution in [-0.4, -0.2) is 22.8 Å². The minimum atomic E-state index is -0.342. The third kappa shape index (κ3) is 4.14. The lowest BCUT2D eigenvalue weighted by atomic mass is 9.85. The lowest BCUT2D eigenvalue weighted by Crippen LogP contribution is -2.18. The summed E-state index contributed by atoms with van der Waals surface area (Å²) < 4.78 is 7.58. The molecule has 1 aliphatic rings. The highest BCUT2D eigenvalue weighted by Gasteiger charge is 2.23. The Bertz CT molecular complexity index is 1070. The van der Waals surface area contributed by atoms with Gasteiger partial charge < -0.3 is 10.1 Å². The Hall–Kier alpha value is -2.24. The van der Waals surface area contributed by atoms with Crippen molar-refractivity contribution in [2.24, 2.45) is 5.92 Å². The van der Waals surface area contributed by atoms with E-state index in [4.69, 9.17) is 33.0 Å². The number of carbonyl (C=O) groups excluding carboxylic acids is 1. The molecular formula is C23H25Cl2N3O2. The first-order valence-electron chi connectivity index (χ1n) is 10.3. The average molecular weight is 446 g/mol. The van der Waals surface area contributed by atoms with Crippen LogP contribution < -0.4 is 10.1 Å². The molecule has 1 aromatic heterocycles. The Balaban J connectivity index is 1.60. The van der Waals surface area contributed by atoms with Crippen molar-refractivity contribution >= 4 is 45.7 Å². The molecule has 1 heterocycles. The van der Waals surface area contributed by atoms with E-state index in [2.05, 4.69) is 23.1 Å². The highest BCUT2D eigenvalue weighted by Crippen LogP contribution is 2.36. The summed E-state index contributed by atoms with van der Waals surface area (Å²) in [4.78, 5) is 12.8.